The summed E-state index contributed by atoms with van der Waals surface area (Å²) in [4.78, 5) is 32.0. The SMILES string of the molecule is NC(=O)c1nccnc1N1CCCCC1C(=O)O. The number of primary amides is 1. The van der Waals surface area contributed by atoms with Crippen molar-refractivity contribution in [3.05, 3.63) is 18.1 Å². The molecule has 1 amide bonds. The minimum Gasteiger partial charge on any atom is -0.480 e. The molecule has 96 valence electrons. The number of anilines is 1. The Balaban J connectivity index is 2.39. The van der Waals surface area contributed by atoms with E-state index in [0.717, 1.165) is 12.8 Å². The Morgan fingerprint density at radius 1 is 1.33 bits per heavy atom. The Kier molecular flexibility index (Phi) is 3.40. The maximum Gasteiger partial charge on any atom is 0.326 e. The van der Waals surface area contributed by atoms with Crippen LogP contribution in [0.25, 0.3) is 0 Å². The fraction of sp³-hybridized carbons (Fsp3) is 0.455. The van der Waals surface area contributed by atoms with Crippen LogP contribution in [0.15, 0.2) is 12.4 Å². The molecule has 7 heteroatoms. The van der Waals surface area contributed by atoms with Crippen molar-refractivity contribution in [2.45, 2.75) is 25.3 Å². The summed E-state index contributed by atoms with van der Waals surface area (Å²) < 4.78 is 0. The minimum absolute atomic E-state index is 0.0191. The molecule has 1 atom stereocenters. The monoisotopic (exact) mass is 250 g/mol. The van der Waals surface area contributed by atoms with Crippen LogP contribution in [0.2, 0.25) is 0 Å². The topological polar surface area (TPSA) is 109 Å². The van der Waals surface area contributed by atoms with Gasteiger partial charge >= 0.3 is 5.97 Å². The van der Waals surface area contributed by atoms with Crippen molar-refractivity contribution < 1.29 is 14.7 Å². The number of rotatable bonds is 3. The summed E-state index contributed by atoms with van der Waals surface area (Å²) in [5, 5.41) is 9.19. The quantitative estimate of drug-likeness (QED) is 0.782. The Bertz CT molecular complexity index is 477. The molecule has 0 spiro atoms. The zero-order valence-corrected chi connectivity index (χ0v) is 9.74. The smallest absolute Gasteiger partial charge is 0.326 e. The van der Waals surface area contributed by atoms with E-state index in [9.17, 15) is 14.7 Å². The number of hydrogen-bond donors (Lipinski definition) is 2. The molecule has 0 saturated carbocycles. The van der Waals surface area contributed by atoms with Gasteiger partial charge in [-0.15, -0.1) is 0 Å². The van der Waals surface area contributed by atoms with Gasteiger partial charge in [0.05, 0.1) is 0 Å². The summed E-state index contributed by atoms with van der Waals surface area (Å²) in [5.41, 5.74) is 5.25. The first-order chi connectivity index (χ1) is 8.61. The highest BCUT2D eigenvalue weighted by atomic mass is 16.4. The molecule has 0 radical (unpaired) electrons. The van der Waals surface area contributed by atoms with Gasteiger partial charge < -0.3 is 15.7 Å². The van der Waals surface area contributed by atoms with E-state index in [1.54, 1.807) is 4.90 Å². The number of carboxylic acid groups (broad SMARTS) is 1. The van der Waals surface area contributed by atoms with Crippen LogP contribution >= 0.6 is 0 Å². The first-order valence-corrected chi connectivity index (χ1v) is 5.71. The second-order valence-corrected chi connectivity index (χ2v) is 4.14. The lowest BCUT2D eigenvalue weighted by molar-refractivity contribution is -0.139. The molecular weight excluding hydrogens is 236 g/mol. The van der Waals surface area contributed by atoms with E-state index < -0.39 is 17.9 Å². The van der Waals surface area contributed by atoms with Crippen LogP contribution < -0.4 is 10.6 Å². The third-order valence-electron chi connectivity index (χ3n) is 2.97. The highest BCUT2D eigenvalue weighted by Gasteiger charge is 2.31. The molecule has 0 bridgehead atoms. The number of piperidine rings is 1. The molecule has 2 rings (SSSR count). The standard InChI is InChI=1S/C11H14N4O3/c12-9(16)8-10(14-5-4-13-8)15-6-2-1-3-7(15)11(17)18/h4-5,7H,1-3,6H2,(H2,12,16)(H,17,18). The number of carboxylic acids is 1. The van der Waals surface area contributed by atoms with Gasteiger partial charge in [0.25, 0.3) is 5.91 Å². The van der Waals surface area contributed by atoms with E-state index in [1.807, 2.05) is 0 Å². The largest absolute Gasteiger partial charge is 0.480 e. The predicted molar refractivity (Wildman–Crippen MR) is 63.2 cm³/mol. The van der Waals surface area contributed by atoms with Gasteiger partial charge in [-0.25, -0.2) is 14.8 Å². The molecule has 18 heavy (non-hydrogen) atoms. The third-order valence-corrected chi connectivity index (χ3v) is 2.97. The van der Waals surface area contributed by atoms with Gasteiger partial charge in [0, 0.05) is 18.9 Å². The fourth-order valence-electron chi connectivity index (χ4n) is 2.16. The molecule has 1 aliphatic rings. The fourth-order valence-corrected chi connectivity index (χ4v) is 2.16. The van der Waals surface area contributed by atoms with Gasteiger partial charge in [0.2, 0.25) is 0 Å². The average Bonchev–Trinajstić information content (AvgIpc) is 2.38. The Labute approximate surface area is 104 Å². The molecule has 1 unspecified atom stereocenters. The summed E-state index contributed by atoms with van der Waals surface area (Å²) in [7, 11) is 0. The van der Waals surface area contributed by atoms with E-state index in [1.165, 1.54) is 12.4 Å². The Morgan fingerprint density at radius 3 is 2.72 bits per heavy atom. The number of aliphatic carboxylic acids is 1. The average molecular weight is 250 g/mol. The van der Waals surface area contributed by atoms with Gasteiger partial charge in [-0.1, -0.05) is 0 Å². The lowest BCUT2D eigenvalue weighted by Gasteiger charge is -2.34. The zero-order chi connectivity index (χ0) is 13.1. The van der Waals surface area contributed by atoms with Crippen LogP contribution in [0.3, 0.4) is 0 Å². The number of nitrogens with zero attached hydrogens (tertiary/aromatic N) is 3. The summed E-state index contributed by atoms with van der Waals surface area (Å²) >= 11 is 0. The molecule has 3 N–H and O–H groups in total. The third kappa shape index (κ3) is 2.24. The molecule has 0 aromatic carbocycles. The van der Waals surface area contributed by atoms with Crippen LogP contribution in [0.1, 0.15) is 29.8 Å². The van der Waals surface area contributed by atoms with E-state index in [0.29, 0.717) is 13.0 Å². The first kappa shape index (κ1) is 12.3. The molecule has 1 fully saturated rings. The second kappa shape index (κ2) is 4.99. The Hall–Kier alpha value is -2.18. The van der Waals surface area contributed by atoms with Crippen molar-refractivity contribution in [2.75, 3.05) is 11.4 Å². The Morgan fingerprint density at radius 2 is 2.06 bits per heavy atom. The van der Waals surface area contributed by atoms with Crippen molar-refractivity contribution >= 4 is 17.7 Å². The van der Waals surface area contributed by atoms with E-state index >= 15 is 0 Å². The lowest BCUT2D eigenvalue weighted by atomic mass is 10.0. The minimum atomic E-state index is -0.921. The van der Waals surface area contributed by atoms with Crippen molar-refractivity contribution in [3.8, 4) is 0 Å². The van der Waals surface area contributed by atoms with Gasteiger partial charge in [0.15, 0.2) is 11.5 Å². The number of aromatic nitrogens is 2. The van der Waals surface area contributed by atoms with Crippen LogP contribution in [0.5, 0.6) is 0 Å². The maximum atomic E-state index is 11.3. The first-order valence-electron chi connectivity index (χ1n) is 5.71. The van der Waals surface area contributed by atoms with E-state index in [2.05, 4.69) is 9.97 Å². The molecule has 1 aromatic rings. The number of hydrogen-bond acceptors (Lipinski definition) is 5. The number of amides is 1. The van der Waals surface area contributed by atoms with Crippen molar-refractivity contribution in [1.29, 1.82) is 0 Å². The van der Waals surface area contributed by atoms with Crippen molar-refractivity contribution in [2.24, 2.45) is 5.73 Å². The van der Waals surface area contributed by atoms with Gasteiger partial charge in [-0.3, -0.25) is 4.79 Å². The van der Waals surface area contributed by atoms with Gasteiger partial charge in [0.1, 0.15) is 6.04 Å². The van der Waals surface area contributed by atoms with Crippen LogP contribution in [0.4, 0.5) is 5.82 Å². The molecule has 0 aliphatic carbocycles. The molecule has 7 nitrogen and oxygen atoms in total. The lowest BCUT2D eigenvalue weighted by Crippen LogP contribution is -2.46. The second-order valence-electron chi connectivity index (χ2n) is 4.14. The molecule has 1 aliphatic heterocycles. The molecular formula is C11H14N4O3. The summed E-state index contributed by atoms with van der Waals surface area (Å²) in [6.07, 6.45) is 5.03. The maximum absolute atomic E-state index is 11.3. The number of carbonyl (C=O) groups is 2. The van der Waals surface area contributed by atoms with Crippen molar-refractivity contribution in [1.82, 2.24) is 9.97 Å². The van der Waals surface area contributed by atoms with E-state index in [4.69, 9.17) is 5.73 Å². The number of nitrogens with two attached hydrogens (primary N) is 1. The normalized spacial score (nSPS) is 19.6. The zero-order valence-electron chi connectivity index (χ0n) is 9.74. The highest BCUT2D eigenvalue weighted by Crippen LogP contribution is 2.24. The predicted octanol–water partition coefficient (Wildman–Crippen LogP) is 0.0190. The van der Waals surface area contributed by atoms with Crippen LogP contribution in [0, 0.1) is 0 Å². The van der Waals surface area contributed by atoms with Crippen molar-refractivity contribution in [3.63, 3.8) is 0 Å². The summed E-state index contributed by atoms with van der Waals surface area (Å²) in [6, 6.07) is -0.673. The van der Waals surface area contributed by atoms with E-state index in [-0.39, 0.29) is 11.5 Å². The summed E-state index contributed by atoms with van der Waals surface area (Å²) in [6.45, 7) is 0.538. The van der Waals surface area contributed by atoms with Gasteiger partial charge in [-0.05, 0) is 19.3 Å². The highest BCUT2D eigenvalue weighted by molar-refractivity contribution is 5.96. The molecule has 1 saturated heterocycles. The molecule has 1 aromatic heterocycles. The summed E-state index contributed by atoms with van der Waals surface area (Å²) in [5.74, 6) is -1.36. The van der Waals surface area contributed by atoms with Crippen LogP contribution in [-0.2, 0) is 4.79 Å². The van der Waals surface area contributed by atoms with Crippen LogP contribution in [-0.4, -0.2) is 39.5 Å². The number of carbonyl (C=O) groups excluding carboxylic acids is 1. The van der Waals surface area contributed by atoms with Gasteiger partial charge in [-0.2, -0.15) is 0 Å². The molecule has 2 heterocycles.